The summed E-state index contributed by atoms with van der Waals surface area (Å²) in [4.78, 5) is 19.9. The molecule has 1 aromatic rings. The molecule has 7 nitrogen and oxygen atoms in total. The van der Waals surface area contributed by atoms with Crippen LogP contribution in [0.25, 0.3) is 0 Å². The van der Waals surface area contributed by atoms with Crippen LogP contribution in [0.2, 0.25) is 0 Å². The van der Waals surface area contributed by atoms with E-state index in [1.54, 1.807) is 7.05 Å². The van der Waals surface area contributed by atoms with E-state index in [1.807, 2.05) is 0 Å². The van der Waals surface area contributed by atoms with E-state index in [2.05, 4.69) is 20.6 Å². The van der Waals surface area contributed by atoms with E-state index >= 15 is 0 Å². The Balaban J connectivity index is 2.04. The van der Waals surface area contributed by atoms with Crippen LogP contribution < -0.4 is 10.6 Å². The largest absolute Gasteiger partial charge is 0.372 e. The second kappa shape index (κ2) is 5.52. The summed E-state index contributed by atoms with van der Waals surface area (Å²) in [7, 11) is -1.36. The molecule has 1 amide bonds. The second-order valence-corrected chi connectivity index (χ2v) is 6.70. The summed E-state index contributed by atoms with van der Waals surface area (Å²) in [6, 6.07) is -0.341. The average Bonchev–Trinajstić information content (AvgIpc) is 2.37. The van der Waals surface area contributed by atoms with Gasteiger partial charge in [0.1, 0.15) is 11.5 Å². The van der Waals surface area contributed by atoms with Gasteiger partial charge in [0.25, 0.3) is 5.91 Å². The number of sulfone groups is 1. The van der Waals surface area contributed by atoms with Crippen molar-refractivity contribution in [1.29, 1.82) is 0 Å². The van der Waals surface area contributed by atoms with E-state index in [0.29, 0.717) is 18.7 Å². The Kier molecular flexibility index (Phi) is 3.98. The minimum atomic E-state index is -3.04. The summed E-state index contributed by atoms with van der Waals surface area (Å²) >= 11 is 0. The molecule has 19 heavy (non-hydrogen) atoms. The Labute approximate surface area is 111 Å². The number of rotatable bonds is 3. The molecule has 1 saturated heterocycles. The van der Waals surface area contributed by atoms with E-state index in [1.165, 1.54) is 12.4 Å². The lowest BCUT2D eigenvalue weighted by Crippen LogP contribution is -2.43. The number of aromatic nitrogens is 2. The van der Waals surface area contributed by atoms with Crippen molar-refractivity contribution in [3.8, 4) is 0 Å². The van der Waals surface area contributed by atoms with Gasteiger partial charge >= 0.3 is 0 Å². The molecule has 1 aliphatic heterocycles. The van der Waals surface area contributed by atoms with Crippen molar-refractivity contribution in [2.24, 2.45) is 0 Å². The first-order chi connectivity index (χ1) is 9.00. The van der Waals surface area contributed by atoms with Crippen LogP contribution in [-0.2, 0) is 9.84 Å². The van der Waals surface area contributed by atoms with Gasteiger partial charge in [0.15, 0.2) is 9.84 Å². The SMILES string of the molecule is CNc1cncc(C(=O)NC2CCCS(=O)(=O)C2)n1. The van der Waals surface area contributed by atoms with Gasteiger partial charge in [-0.2, -0.15) is 0 Å². The average molecular weight is 284 g/mol. The van der Waals surface area contributed by atoms with E-state index < -0.39 is 15.7 Å². The van der Waals surface area contributed by atoms with Crippen LogP contribution in [-0.4, -0.2) is 48.9 Å². The molecule has 1 unspecified atom stereocenters. The van der Waals surface area contributed by atoms with Crippen molar-refractivity contribution in [3.05, 3.63) is 18.1 Å². The van der Waals surface area contributed by atoms with Gasteiger partial charge in [0.2, 0.25) is 0 Å². The van der Waals surface area contributed by atoms with Gasteiger partial charge in [-0.3, -0.25) is 9.78 Å². The molecule has 0 radical (unpaired) electrons. The fraction of sp³-hybridized carbons (Fsp3) is 0.545. The quantitative estimate of drug-likeness (QED) is 0.799. The third-order valence-electron chi connectivity index (χ3n) is 2.92. The molecule has 0 aliphatic carbocycles. The topological polar surface area (TPSA) is 101 Å². The number of anilines is 1. The number of carbonyl (C=O) groups is 1. The van der Waals surface area contributed by atoms with E-state index in [-0.39, 0.29) is 23.2 Å². The van der Waals surface area contributed by atoms with Crippen LogP contribution >= 0.6 is 0 Å². The van der Waals surface area contributed by atoms with E-state index in [0.717, 1.165) is 0 Å². The monoisotopic (exact) mass is 284 g/mol. The highest BCUT2D eigenvalue weighted by atomic mass is 32.2. The molecule has 2 N–H and O–H groups in total. The lowest BCUT2D eigenvalue weighted by molar-refractivity contribution is 0.0933. The maximum atomic E-state index is 12.0. The number of nitrogens with one attached hydrogen (secondary N) is 2. The summed E-state index contributed by atoms with van der Waals surface area (Å²) < 4.78 is 23.0. The molecular formula is C11H16N4O3S. The Morgan fingerprint density at radius 1 is 1.42 bits per heavy atom. The zero-order chi connectivity index (χ0) is 13.9. The Bertz CT molecular complexity index is 573. The van der Waals surface area contributed by atoms with Gasteiger partial charge in [0, 0.05) is 13.1 Å². The number of carbonyl (C=O) groups excluding carboxylic acids is 1. The number of amides is 1. The van der Waals surface area contributed by atoms with Gasteiger partial charge < -0.3 is 10.6 Å². The smallest absolute Gasteiger partial charge is 0.271 e. The number of hydrogen-bond acceptors (Lipinski definition) is 6. The third kappa shape index (κ3) is 3.63. The fourth-order valence-corrected chi connectivity index (χ4v) is 3.63. The molecule has 1 atom stereocenters. The van der Waals surface area contributed by atoms with Gasteiger partial charge in [-0.15, -0.1) is 0 Å². The molecule has 0 aromatic carbocycles. The van der Waals surface area contributed by atoms with Crippen molar-refractivity contribution >= 4 is 21.6 Å². The second-order valence-electron chi connectivity index (χ2n) is 4.47. The highest BCUT2D eigenvalue weighted by Gasteiger charge is 2.26. The Hall–Kier alpha value is -1.70. The normalized spacial score (nSPS) is 21.6. The van der Waals surface area contributed by atoms with Gasteiger partial charge in [-0.1, -0.05) is 0 Å². The van der Waals surface area contributed by atoms with Gasteiger partial charge in [-0.05, 0) is 12.8 Å². The fourth-order valence-electron chi connectivity index (χ4n) is 1.99. The zero-order valence-electron chi connectivity index (χ0n) is 10.6. The van der Waals surface area contributed by atoms with Gasteiger partial charge in [-0.25, -0.2) is 13.4 Å². The summed E-state index contributed by atoms with van der Waals surface area (Å²) in [5.74, 6) is 0.294. The minimum absolute atomic E-state index is 0.00210. The number of hydrogen-bond donors (Lipinski definition) is 2. The van der Waals surface area contributed by atoms with Gasteiger partial charge in [0.05, 0.1) is 23.9 Å². The maximum absolute atomic E-state index is 12.0. The van der Waals surface area contributed by atoms with Crippen LogP contribution in [0.3, 0.4) is 0 Å². The molecular weight excluding hydrogens is 268 g/mol. The van der Waals surface area contributed by atoms with Crippen LogP contribution in [0.4, 0.5) is 5.82 Å². The predicted molar refractivity (Wildman–Crippen MR) is 70.7 cm³/mol. The molecule has 1 aromatic heterocycles. The molecule has 1 aliphatic rings. The Morgan fingerprint density at radius 2 is 2.21 bits per heavy atom. The van der Waals surface area contributed by atoms with Crippen LogP contribution in [0.15, 0.2) is 12.4 Å². The summed E-state index contributed by atoms with van der Waals surface area (Å²) in [6.45, 7) is 0. The Morgan fingerprint density at radius 3 is 2.89 bits per heavy atom. The van der Waals surface area contributed by atoms with E-state index in [9.17, 15) is 13.2 Å². The predicted octanol–water partition coefficient (Wildman–Crippen LogP) is -0.175. The molecule has 0 spiro atoms. The van der Waals surface area contributed by atoms with Crippen molar-refractivity contribution < 1.29 is 13.2 Å². The lowest BCUT2D eigenvalue weighted by atomic mass is 10.2. The highest BCUT2D eigenvalue weighted by Crippen LogP contribution is 2.12. The third-order valence-corrected chi connectivity index (χ3v) is 4.74. The first-order valence-electron chi connectivity index (χ1n) is 6.01. The van der Waals surface area contributed by atoms with Crippen molar-refractivity contribution in [2.45, 2.75) is 18.9 Å². The summed E-state index contributed by atoms with van der Waals surface area (Å²) in [5.41, 5.74) is 0.176. The highest BCUT2D eigenvalue weighted by molar-refractivity contribution is 7.91. The molecule has 8 heteroatoms. The van der Waals surface area contributed by atoms with Crippen LogP contribution in [0.5, 0.6) is 0 Å². The zero-order valence-corrected chi connectivity index (χ0v) is 11.4. The van der Waals surface area contributed by atoms with Crippen molar-refractivity contribution in [2.75, 3.05) is 23.9 Å². The van der Waals surface area contributed by atoms with E-state index in [4.69, 9.17) is 0 Å². The molecule has 2 heterocycles. The molecule has 0 saturated carbocycles. The standard InChI is InChI=1S/C11H16N4O3S/c1-12-10-6-13-5-9(15-10)11(16)14-8-3-2-4-19(17,18)7-8/h5-6,8H,2-4,7H2,1H3,(H,12,15)(H,14,16). The molecule has 1 fully saturated rings. The number of nitrogens with zero attached hydrogens (tertiary/aromatic N) is 2. The minimum Gasteiger partial charge on any atom is -0.372 e. The summed E-state index contributed by atoms with van der Waals surface area (Å²) in [5, 5.41) is 5.48. The summed E-state index contributed by atoms with van der Waals surface area (Å²) in [6.07, 6.45) is 4.11. The first kappa shape index (κ1) is 13.7. The van der Waals surface area contributed by atoms with Crippen LogP contribution in [0.1, 0.15) is 23.3 Å². The molecule has 2 rings (SSSR count). The van der Waals surface area contributed by atoms with Crippen LogP contribution in [0, 0.1) is 0 Å². The van der Waals surface area contributed by atoms with Crippen molar-refractivity contribution in [3.63, 3.8) is 0 Å². The molecule has 0 bridgehead atoms. The lowest BCUT2D eigenvalue weighted by Gasteiger charge is -2.22. The maximum Gasteiger partial charge on any atom is 0.271 e. The first-order valence-corrected chi connectivity index (χ1v) is 7.83. The molecule has 104 valence electrons. The van der Waals surface area contributed by atoms with Crippen molar-refractivity contribution in [1.82, 2.24) is 15.3 Å².